The number of nitrogens with zero attached hydrogens (tertiary/aromatic N) is 1. The molecule has 4 atom stereocenters. The summed E-state index contributed by atoms with van der Waals surface area (Å²) in [6.45, 7) is 6.68. The molecule has 3 aromatic carbocycles. The first kappa shape index (κ1) is 31.7. The van der Waals surface area contributed by atoms with Gasteiger partial charge in [-0.2, -0.15) is 4.31 Å². The Morgan fingerprint density at radius 2 is 1.79 bits per heavy atom. The molecule has 1 fully saturated rings. The average Bonchev–Trinajstić information content (AvgIpc) is 3.50. The number of ether oxygens (including phenoxy) is 2. The van der Waals surface area contributed by atoms with E-state index in [1.54, 1.807) is 49.4 Å². The Morgan fingerprint density at radius 1 is 1.12 bits per heavy atom. The van der Waals surface area contributed by atoms with Gasteiger partial charge in [-0.1, -0.05) is 55.5 Å². The molecule has 0 radical (unpaired) electrons. The van der Waals surface area contributed by atoms with Crippen molar-refractivity contribution in [2.75, 3.05) is 32.8 Å². The third-order valence-electron chi connectivity index (χ3n) is 7.59. The Balaban J connectivity index is 1.65. The molecule has 2 unspecified atom stereocenters. The highest BCUT2D eigenvalue weighted by atomic mass is 32.2. The summed E-state index contributed by atoms with van der Waals surface area (Å²) in [7, 11) is -3.97. The first-order valence-electron chi connectivity index (χ1n) is 14.2. The molecule has 0 aromatic heterocycles. The highest BCUT2D eigenvalue weighted by Crippen LogP contribution is 2.29. The summed E-state index contributed by atoms with van der Waals surface area (Å²) in [4.78, 5) is 13.9. The number of carbonyl (C=O) groups is 1. The van der Waals surface area contributed by atoms with Crippen LogP contribution in [0, 0.1) is 12.8 Å². The first-order chi connectivity index (χ1) is 20.0. The fourth-order valence-corrected chi connectivity index (χ4v) is 6.58. The topological polar surface area (TPSA) is 131 Å². The Morgan fingerprint density at radius 3 is 2.40 bits per heavy atom. The summed E-state index contributed by atoms with van der Waals surface area (Å²) in [5, 5.41) is 14.8. The van der Waals surface area contributed by atoms with Gasteiger partial charge in [0.2, 0.25) is 10.0 Å². The van der Waals surface area contributed by atoms with Crippen LogP contribution in [0.4, 0.5) is 0 Å². The van der Waals surface area contributed by atoms with E-state index in [1.807, 2.05) is 38.1 Å². The molecule has 4 N–H and O–H groups in total. The molecule has 0 bridgehead atoms. The lowest BCUT2D eigenvalue weighted by atomic mass is 9.85. The van der Waals surface area contributed by atoms with Gasteiger partial charge in [-0.15, -0.1) is 0 Å². The second kappa shape index (κ2) is 13.8. The van der Waals surface area contributed by atoms with Gasteiger partial charge in [-0.05, 0) is 67.8 Å². The van der Waals surface area contributed by atoms with E-state index in [1.165, 1.54) is 16.4 Å². The third-order valence-corrected chi connectivity index (χ3v) is 9.44. The zero-order chi connectivity index (χ0) is 30.3. The predicted octanol–water partition coefficient (Wildman–Crippen LogP) is 3.45. The van der Waals surface area contributed by atoms with Crippen molar-refractivity contribution in [3.63, 3.8) is 0 Å². The van der Waals surface area contributed by atoms with Crippen molar-refractivity contribution in [3.8, 4) is 5.75 Å². The van der Waals surface area contributed by atoms with Gasteiger partial charge in [-0.25, -0.2) is 8.42 Å². The lowest BCUT2D eigenvalue weighted by Gasteiger charge is -2.38. The van der Waals surface area contributed by atoms with Gasteiger partial charge in [0.25, 0.3) is 5.91 Å². The molecule has 42 heavy (non-hydrogen) atoms. The fourth-order valence-electron chi connectivity index (χ4n) is 5.00. The summed E-state index contributed by atoms with van der Waals surface area (Å²) in [6, 6.07) is 22.4. The number of aliphatic hydroxyl groups is 1. The van der Waals surface area contributed by atoms with Crippen LogP contribution in [0.15, 0.2) is 83.8 Å². The molecule has 9 nitrogen and oxygen atoms in total. The molecule has 10 heteroatoms. The van der Waals surface area contributed by atoms with Crippen LogP contribution in [0.3, 0.4) is 0 Å². The highest BCUT2D eigenvalue weighted by Gasteiger charge is 2.40. The molecule has 0 spiro atoms. The van der Waals surface area contributed by atoms with E-state index in [9.17, 15) is 18.3 Å². The van der Waals surface area contributed by atoms with Crippen LogP contribution in [0.5, 0.6) is 5.75 Å². The number of amides is 1. The standard InChI is InChI=1S/C32H41N3O6S/c1-23-16-25(18-28(17-23)41-27-14-15-40-22-27)31(37)34-32(3,26-10-6-4-7-11-26)30(36)21-35(20-24(2)19-33)42(38,39)29-12-8-5-9-13-29/h4-13,16-18,24,27,30,36H,14-15,19-22,33H2,1-3H3,(H,34,37)/t24?,27?,30-,32+/m1/s1. The molecule has 3 aromatic rings. The van der Waals surface area contributed by atoms with E-state index in [4.69, 9.17) is 15.2 Å². The quantitative estimate of drug-likeness (QED) is 0.276. The van der Waals surface area contributed by atoms with Crippen LogP contribution in [0.25, 0.3) is 0 Å². The molecule has 0 saturated carbocycles. The Kier molecular flexibility index (Phi) is 10.4. The minimum atomic E-state index is -3.97. The number of rotatable bonds is 13. The van der Waals surface area contributed by atoms with Gasteiger partial charge >= 0.3 is 0 Å². The summed E-state index contributed by atoms with van der Waals surface area (Å²) >= 11 is 0. The predicted molar refractivity (Wildman–Crippen MR) is 162 cm³/mol. The van der Waals surface area contributed by atoms with E-state index < -0.39 is 27.6 Å². The third kappa shape index (κ3) is 7.56. The van der Waals surface area contributed by atoms with Gasteiger partial charge in [0.05, 0.1) is 29.8 Å². The molecule has 1 saturated heterocycles. The smallest absolute Gasteiger partial charge is 0.252 e. The zero-order valence-electron chi connectivity index (χ0n) is 24.4. The van der Waals surface area contributed by atoms with Crippen molar-refractivity contribution in [2.45, 2.75) is 49.8 Å². The summed E-state index contributed by atoms with van der Waals surface area (Å²) < 4.78 is 40.1. The van der Waals surface area contributed by atoms with Crippen molar-refractivity contribution in [3.05, 3.63) is 95.6 Å². The number of carbonyl (C=O) groups excluding carboxylic acids is 1. The molecule has 226 valence electrons. The van der Waals surface area contributed by atoms with Gasteiger partial charge in [0.1, 0.15) is 11.9 Å². The monoisotopic (exact) mass is 595 g/mol. The zero-order valence-corrected chi connectivity index (χ0v) is 25.2. The highest BCUT2D eigenvalue weighted by molar-refractivity contribution is 7.89. The minimum Gasteiger partial charge on any atom is -0.488 e. The van der Waals surface area contributed by atoms with Crippen LogP contribution in [-0.2, 0) is 20.3 Å². The largest absolute Gasteiger partial charge is 0.488 e. The Labute approximate surface area is 248 Å². The van der Waals surface area contributed by atoms with Gasteiger partial charge < -0.3 is 25.6 Å². The van der Waals surface area contributed by atoms with Crippen molar-refractivity contribution in [1.29, 1.82) is 0 Å². The van der Waals surface area contributed by atoms with E-state index in [0.29, 0.717) is 30.1 Å². The lowest BCUT2D eigenvalue weighted by Crippen LogP contribution is -2.56. The van der Waals surface area contributed by atoms with E-state index in [-0.39, 0.29) is 36.6 Å². The van der Waals surface area contributed by atoms with E-state index >= 15 is 0 Å². The van der Waals surface area contributed by atoms with Crippen LogP contribution < -0.4 is 15.8 Å². The summed E-state index contributed by atoms with van der Waals surface area (Å²) in [5.74, 6) is -0.0258. The molecular weight excluding hydrogens is 554 g/mol. The van der Waals surface area contributed by atoms with Gasteiger partial charge in [0.15, 0.2) is 0 Å². The number of nitrogens with one attached hydrogen (secondary N) is 1. The fraction of sp³-hybridized carbons (Fsp3) is 0.406. The molecule has 1 aliphatic rings. The summed E-state index contributed by atoms with van der Waals surface area (Å²) in [5.41, 5.74) is 6.34. The lowest BCUT2D eigenvalue weighted by molar-refractivity contribution is 0.0438. The van der Waals surface area contributed by atoms with Crippen molar-refractivity contribution < 1.29 is 27.8 Å². The summed E-state index contributed by atoms with van der Waals surface area (Å²) in [6.07, 6.45) is -0.616. The minimum absolute atomic E-state index is 0.0763. The van der Waals surface area contributed by atoms with Crippen molar-refractivity contribution in [1.82, 2.24) is 9.62 Å². The van der Waals surface area contributed by atoms with E-state index in [2.05, 4.69) is 5.32 Å². The van der Waals surface area contributed by atoms with E-state index in [0.717, 1.165) is 12.0 Å². The maximum Gasteiger partial charge on any atom is 0.252 e. The molecule has 1 heterocycles. The number of aryl methyl sites for hydroxylation is 1. The van der Waals surface area contributed by atoms with Gasteiger partial charge in [-0.3, -0.25) is 4.79 Å². The number of hydrogen-bond acceptors (Lipinski definition) is 7. The number of benzene rings is 3. The second-order valence-electron chi connectivity index (χ2n) is 11.2. The first-order valence-corrected chi connectivity index (χ1v) is 15.6. The maximum absolute atomic E-state index is 13.8. The molecular formula is C32H41N3O6S. The number of sulfonamides is 1. The Hall–Kier alpha value is -3.28. The number of hydrogen-bond donors (Lipinski definition) is 3. The number of nitrogens with two attached hydrogens (primary N) is 1. The van der Waals surface area contributed by atoms with Crippen LogP contribution in [0.1, 0.15) is 41.8 Å². The number of aliphatic hydroxyl groups excluding tert-OH is 1. The molecule has 1 aliphatic heterocycles. The molecule has 4 rings (SSSR count). The van der Waals surface area contributed by atoms with Gasteiger partial charge in [0, 0.05) is 25.1 Å². The SMILES string of the molecule is Cc1cc(OC2CCOC2)cc(C(=O)N[C@@](C)(c2ccccc2)[C@H](O)CN(CC(C)CN)S(=O)(=O)c2ccccc2)c1. The van der Waals surface area contributed by atoms with Crippen LogP contribution in [0.2, 0.25) is 0 Å². The average molecular weight is 596 g/mol. The maximum atomic E-state index is 13.8. The van der Waals surface area contributed by atoms with Crippen LogP contribution in [-0.4, -0.2) is 68.8 Å². The Bertz CT molecular complexity index is 1430. The molecule has 0 aliphatic carbocycles. The normalized spacial score (nSPS) is 18.3. The second-order valence-corrected chi connectivity index (χ2v) is 13.1. The van der Waals surface area contributed by atoms with Crippen LogP contribution >= 0.6 is 0 Å². The molecule has 1 amide bonds. The van der Waals surface area contributed by atoms with Crippen molar-refractivity contribution >= 4 is 15.9 Å². The van der Waals surface area contributed by atoms with Crippen molar-refractivity contribution in [2.24, 2.45) is 11.7 Å².